The number of benzene rings is 3. The highest BCUT2D eigenvalue weighted by Crippen LogP contribution is 2.28. The number of hydrogen-bond donors (Lipinski definition) is 1. The van der Waals surface area contributed by atoms with Gasteiger partial charge in [-0.25, -0.2) is 0 Å². The Kier molecular flexibility index (Phi) is 5.95. The molecular formula is C26H28N2O. The molecule has 3 nitrogen and oxygen atoms in total. The van der Waals surface area contributed by atoms with E-state index in [9.17, 15) is 4.79 Å². The molecule has 148 valence electrons. The lowest BCUT2D eigenvalue weighted by molar-refractivity contribution is 0.0935. The van der Waals surface area contributed by atoms with Crippen LogP contribution in [0, 0.1) is 0 Å². The van der Waals surface area contributed by atoms with Crippen LogP contribution in [0.3, 0.4) is 0 Å². The number of anilines is 1. The minimum Gasteiger partial charge on any atom is -0.367 e. The number of rotatable bonds is 6. The van der Waals surface area contributed by atoms with Crippen LogP contribution in [-0.2, 0) is 13.0 Å². The Balaban J connectivity index is 1.42. The van der Waals surface area contributed by atoms with Crippen LogP contribution in [-0.4, -0.2) is 12.5 Å². The van der Waals surface area contributed by atoms with E-state index in [0.717, 1.165) is 31.5 Å². The second-order valence-corrected chi connectivity index (χ2v) is 7.70. The van der Waals surface area contributed by atoms with E-state index in [2.05, 4.69) is 65.7 Å². The molecule has 29 heavy (non-hydrogen) atoms. The summed E-state index contributed by atoms with van der Waals surface area (Å²) in [7, 11) is 0. The quantitative estimate of drug-likeness (QED) is 0.607. The molecule has 0 saturated carbocycles. The molecule has 1 aliphatic heterocycles. The Bertz CT molecular complexity index is 950. The van der Waals surface area contributed by atoms with Crippen LogP contribution >= 0.6 is 0 Å². The fraction of sp³-hybridized carbons (Fsp3) is 0.269. The first-order valence-electron chi connectivity index (χ1n) is 10.5. The van der Waals surface area contributed by atoms with Crippen LogP contribution in [0.5, 0.6) is 0 Å². The van der Waals surface area contributed by atoms with Crippen molar-refractivity contribution >= 4 is 11.6 Å². The fourth-order valence-electron chi connectivity index (χ4n) is 4.11. The van der Waals surface area contributed by atoms with E-state index in [1.807, 2.05) is 30.3 Å². The molecule has 1 N–H and O–H groups in total. The highest BCUT2D eigenvalue weighted by molar-refractivity contribution is 5.94. The zero-order valence-electron chi connectivity index (χ0n) is 17.0. The topological polar surface area (TPSA) is 32.3 Å². The first-order valence-corrected chi connectivity index (χ1v) is 10.5. The molecular weight excluding hydrogens is 356 g/mol. The highest BCUT2D eigenvalue weighted by Gasteiger charge is 2.17. The molecule has 0 bridgehead atoms. The minimum absolute atomic E-state index is 0.0180. The van der Waals surface area contributed by atoms with Gasteiger partial charge in [-0.1, -0.05) is 67.6 Å². The van der Waals surface area contributed by atoms with Gasteiger partial charge in [0.15, 0.2) is 0 Å². The van der Waals surface area contributed by atoms with Crippen LogP contribution in [0.25, 0.3) is 0 Å². The van der Waals surface area contributed by atoms with Crippen LogP contribution in [0.15, 0.2) is 78.9 Å². The third kappa shape index (κ3) is 4.51. The van der Waals surface area contributed by atoms with Gasteiger partial charge >= 0.3 is 0 Å². The van der Waals surface area contributed by atoms with E-state index in [1.54, 1.807) is 0 Å². The van der Waals surface area contributed by atoms with E-state index in [0.29, 0.717) is 5.56 Å². The molecule has 3 heteroatoms. The fourth-order valence-corrected chi connectivity index (χ4v) is 4.11. The van der Waals surface area contributed by atoms with Gasteiger partial charge in [-0.3, -0.25) is 4.79 Å². The lowest BCUT2D eigenvalue weighted by Gasteiger charge is -2.31. The standard InChI is InChI=1S/C26H28N2O/c1-2-24(21-9-4-3-5-10-21)27-26(29)23-16-14-20(15-17-23)19-28-18-8-12-22-11-6-7-13-25(22)28/h3-7,9-11,13-17,24H,2,8,12,18-19H2,1H3,(H,27,29)/t24-/m1/s1. The number of carbonyl (C=O) groups excluding carboxylic acids is 1. The van der Waals surface area contributed by atoms with Gasteiger partial charge in [0.05, 0.1) is 6.04 Å². The van der Waals surface area contributed by atoms with Gasteiger partial charge in [-0.15, -0.1) is 0 Å². The number of carbonyl (C=O) groups is 1. The largest absolute Gasteiger partial charge is 0.367 e. The van der Waals surface area contributed by atoms with Crippen LogP contribution in [0.2, 0.25) is 0 Å². The van der Waals surface area contributed by atoms with Crippen LogP contribution in [0.4, 0.5) is 5.69 Å². The zero-order valence-corrected chi connectivity index (χ0v) is 17.0. The molecule has 0 saturated heterocycles. The summed E-state index contributed by atoms with van der Waals surface area (Å²) in [5, 5.41) is 3.16. The Morgan fingerprint density at radius 3 is 2.45 bits per heavy atom. The Labute approximate surface area is 173 Å². The van der Waals surface area contributed by atoms with E-state index < -0.39 is 0 Å². The van der Waals surface area contributed by atoms with Crippen LogP contribution < -0.4 is 10.2 Å². The van der Waals surface area contributed by atoms with Gasteiger partial charge in [0.25, 0.3) is 5.91 Å². The van der Waals surface area contributed by atoms with Crippen molar-refractivity contribution < 1.29 is 4.79 Å². The minimum atomic E-state index is -0.0180. The molecule has 0 aliphatic carbocycles. The van der Waals surface area contributed by atoms with Crippen molar-refractivity contribution in [3.05, 3.63) is 101 Å². The van der Waals surface area contributed by atoms with Crippen molar-refractivity contribution in [2.24, 2.45) is 0 Å². The summed E-state index contributed by atoms with van der Waals surface area (Å²) in [5.41, 5.74) is 5.86. The summed E-state index contributed by atoms with van der Waals surface area (Å²) in [6.07, 6.45) is 3.21. The summed E-state index contributed by atoms with van der Waals surface area (Å²) in [6, 6.07) is 26.9. The number of fused-ring (bicyclic) bond motifs is 1. The Hall–Kier alpha value is -3.07. The number of nitrogens with zero attached hydrogens (tertiary/aromatic N) is 1. The van der Waals surface area contributed by atoms with E-state index in [1.165, 1.54) is 23.2 Å². The molecule has 1 aliphatic rings. The summed E-state index contributed by atoms with van der Waals surface area (Å²) in [5.74, 6) is -0.0180. The molecule has 0 fully saturated rings. The molecule has 0 aromatic heterocycles. The molecule has 1 heterocycles. The lowest BCUT2D eigenvalue weighted by atomic mass is 10.0. The third-order valence-electron chi connectivity index (χ3n) is 5.71. The number of aryl methyl sites for hydroxylation is 1. The summed E-state index contributed by atoms with van der Waals surface area (Å²) >= 11 is 0. The van der Waals surface area contributed by atoms with Crippen LogP contribution in [0.1, 0.15) is 52.9 Å². The van der Waals surface area contributed by atoms with Gasteiger partial charge in [0.2, 0.25) is 0 Å². The molecule has 3 aromatic carbocycles. The second kappa shape index (κ2) is 8.95. The van der Waals surface area contributed by atoms with Gasteiger partial charge in [-0.2, -0.15) is 0 Å². The Morgan fingerprint density at radius 2 is 1.69 bits per heavy atom. The van der Waals surface area contributed by atoms with E-state index in [4.69, 9.17) is 0 Å². The summed E-state index contributed by atoms with van der Waals surface area (Å²) < 4.78 is 0. The van der Waals surface area contributed by atoms with Gasteiger partial charge in [-0.05, 0) is 54.2 Å². The monoisotopic (exact) mass is 384 g/mol. The van der Waals surface area contributed by atoms with Crippen molar-refractivity contribution in [3.8, 4) is 0 Å². The maximum absolute atomic E-state index is 12.7. The maximum Gasteiger partial charge on any atom is 0.251 e. The van der Waals surface area contributed by atoms with Crippen molar-refractivity contribution in [3.63, 3.8) is 0 Å². The number of para-hydroxylation sites is 1. The molecule has 0 spiro atoms. The average molecular weight is 385 g/mol. The summed E-state index contributed by atoms with van der Waals surface area (Å²) in [6.45, 7) is 4.05. The maximum atomic E-state index is 12.7. The first-order chi connectivity index (χ1) is 14.2. The summed E-state index contributed by atoms with van der Waals surface area (Å²) in [4.78, 5) is 15.2. The van der Waals surface area contributed by atoms with Crippen molar-refractivity contribution in [1.29, 1.82) is 0 Å². The number of amides is 1. The molecule has 1 amide bonds. The molecule has 4 rings (SSSR count). The molecule has 0 radical (unpaired) electrons. The van der Waals surface area contributed by atoms with E-state index >= 15 is 0 Å². The predicted molar refractivity (Wildman–Crippen MR) is 119 cm³/mol. The van der Waals surface area contributed by atoms with Crippen molar-refractivity contribution in [1.82, 2.24) is 5.32 Å². The normalized spacial score (nSPS) is 14.2. The van der Waals surface area contributed by atoms with Gasteiger partial charge in [0, 0.05) is 24.3 Å². The van der Waals surface area contributed by atoms with Crippen molar-refractivity contribution in [2.45, 2.75) is 38.8 Å². The highest BCUT2D eigenvalue weighted by atomic mass is 16.1. The number of hydrogen-bond acceptors (Lipinski definition) is 2. The third-order valence-corrected chi connectivity index (χ3v) is 5.71. The van der Waals surface area contributed by atoms with E-state index in [-0.39, 0.29) is 11.9 Å². The number of nitrogens with one attached hydrogen (secondary N) is 1. The molecule has 3 aromatic rings. The zero-order chi connectivity index (χ0) is 20.1. The molecule has 1 atom stereocenters. The molecule has 0 unspecified atom stereocenters. The lowest BCUT2D eigenvalue weighted by Crippen LogP contribution is -2.29. The first kappa shape index (κ1) is 19.3. The SMILES string of the molecule is CC[C@@H](NC(=O)c1ccc(CN2CCCc3ccccc32)cc1)c1ccccc1. The second-order valence-electron chi connectivity index (χ2n) is 7.70. The average Bonchev–Trinajstić information content (AvgIpc) is 2.78. The van der Waals surface area contributed by atoms with Gasteiger partial charge in [0.1, 0.15) is 0 Å². The smallest absolute Gasteiger partial charge is 0.251 e. The van der Waals surface area contributed by atoms with Crippen molar-refractivity contribution in [2.75, 3.05) is 11.4 Å². The van der Waals surface area contributed by atoms with Gasteiger partial charge < -0.3 is 10.2 Å². The predicted octanol–water partition coefficient (Wildman–Crippen LogP) is 5.52. The Morgan fingerprint density at radius 1 is 0.966 bits per heavy atom.